The Kier molecular flexibility index (Phi) is 11.3. The lowest BCUT2D eigenvalue weighted by atomic mass is 10.2. The zero-order chi connectivity index (χ0) is 15.4. The summed E-state index contributed by atoms with van der Waals surface area (Å²) < 4.78 is 0. The molecule has 0 saturated carbocycles. The van der Waals surface area contributed by atoms with Crippen LogP contribution in [0.25, 0.3) is 0 Å². The van der Waals surface area contributed by atoms with Crippen molar-refractivity contribution in [2.75, 3.05) is 37.9 Å². The molecule has 0 bridgehead atoms. The Bertz CT molecular complexity index is 268. The molecule has 0 aliphatic rings. The Labute approximate surface area is 127 Å². The van der Waals surface area contributed by atoms with Crippen molar-refractivity contribution in [1.82, 2.24) is 21.3 Å². The number of halogens is 2. The summed E-state index contributed by atoms with van der Waals surface area (Å²) in [5, 5.41) is 28.7. The van der Waals surface area contributed by atoms with Gasteiger partial charge in [0.15, 0.2) is 0 Å². The Balaban J connectivity index is 3.77. The molecule has 8 nitrogen and oxygen atoms in total. The number of hydrogen-bond acceptors (Lipinski definition) is 4. The van der Waals surface area contributed by atoms with E-state index in [1.165, 1.54) is 0 Å². The van der Waals surface area contributed by atoms with E-state index in [4.69, 9.17) is 23.2 Å². The number of urea groups is 2. The quantitative estimate of drug-likeness (QED) is 0.297. The van der Waals surface area contributed by atoms with Gasteiger partial charge in [0.1, 0.15) is 0 Å². The maximum Gasteiger partial charge on any atom is 0.314 e. The van der Waals surface area contributed by atoms with Crippen LogP contribution in [0.15, 0.2) is 0 Å². The molecule has 0 aromatic heterocycles. The zero-order valence-corrected chi connectivity index (χ0v) is 12.4. The summed E-state index contributed by atoms with van der Waals surface area (Å²) in [4.78, 5) is 22.3. The number of aliphatic hydroxyl groups is 2. The first-order valence-electron chi connectivity index (χ1n) is 6.02. The lowest BCUT2D eigenvalue weighted by molar-refractivity contribution is 0.0239. The highest BCUT2D eigenvalue weighted by Gasteiger charge is 2.17. The van der Waals surface area contributed by atoms with E-state index in [0.29, 0.717) is 13.1 Å². The number of amides is 4. The molecule has 0 fully saturated rings. The molecular weight excluding hydrogens is 311 g/mol. The van der Waals surface area contributed by atoms with E-state index in [1.807, 2.05) is 0 Å². The Morgan fingerprint density at radius 2 is 1.15 bits per heavy atom. The number of alkyl halides is 2. The Hall–Kier alpha value is -0.960. The first-order valence-corrected chi connectivity index (χ1v) is 7.09. The third kappa shape index (κ3) is 9.90. The smallest absolute Gasteiger partial charge is 0.314 e. The second-order valence-electron chi connectivity index (χ2n) is 3.79. The van der Waals surface area contributed by atoms with Gasteiger partial charge < -0.3 is 31.5 Å². The molecule has 0 aliphatic heterocycles. The van der Waals surface area contributed by atoms with E-state index < -0.39 is 24.3 Å². The van der Waals surface area contributed by atoms with E-state index in [0.717, 1.165) is 0 Å². The van der Waals surface area contributed by atoms with Crippen molar-refractivity contribution in [3.8, 4) is 0 Å². The highest BCUT2D eigenvalue weighted by molar-refractivity contribution is 6.18. The molecule has 0 aliphatic carbocycles. The van der Waals surface area contributed by atoms with Crippen LogP contribution in [0.4, 0.5) is 9.59 Å². The van der Waals surface area contributed by atoms with Gasteiger partial charge in [0.25, 0.3) is 0 Å². The summed E-state index contributed by atoms with van der Waals surface area (Å²) in [5.74, 6) is 0.555. The Morgan fingerprint density at radius 1 is 0.800 bits per heavy atom. The fourth-order valence-electron chi connectivity index (χ4n) is 1.11. The van der Waals surface area contributed by atoms with Gasteiger partial charge in [0, 0.05) is 37.9 Å². The van der Waals surface area contributed by atoms with Crippen LogP contribution in [0.3, 0.4) is 0 Å². The van der Waals surface area contributed by atoms with Gasteiger partial charge in [0.05, 0.1) is 12.2 Å². The van der Waals surface area contributed by atoms with Crippen LogP contribution < -0.4 is 21.3 Å². The van der Waals surface area contributed by atoms with E-state index >= 15 is 0 Å². The molecule has 2 atom stereocenters. The van der Waals surface area contributed by atoms with Crippen LogP contribution >= 0.6 is 23.2 Å². The van der Waals surface area contributed by atoms with Crippen LogP contribution in [0, 0.1) is 0 Å². The SMILES string of the molecule is O=C(NCCCl)NCC(O)C(O)CNC(=O)NCCCl. The third-order valence-corrected chi connectivity index (χ3v) is 2.53. The molecule has 20 heavy (non-hydrogen) atoms. The molecule has 118 valence electrons. The summed E-state index contributed by atoms with van der Waals surface area (Å²) >= 11 is 10.8. The van der Waals surface area contributed by atoms with Crippen molar-refractivity contribution in [2.24, 2.45) is 0 Å². The molecule has 0 rings (SSSR count). The maximum absolute atomic E-state index is 11.1. The first-order chi connectivity index (χ1) is 9.51. The number of rotatable bonds is 9. The van der Waals surface area contributed by atoms with Crippen LogP contribution in [0.5, 0.6) is 0 Å². The summed E-state index contributed by atoms with van der Waals surface area (Å²) in [6.45, 7) is 0.295. The predicted octanol–water partition coefficient (Wildman–Crippen LogP) is -1.22. The van der Waals surface area contributed by atoms with Gasteiger partial charge in [-0.25, -0.2) is 9.59 Å². The van der Waals surface area contributed by atoms with Crippen molar-refractivity contribution < 1.29 is 19.8 Å². The van der Waals surface area contributed by atoms with Gasteiger partial charge in [-0.2, -0.15) is 0 Å². The number of carbonyl (C=O) groups excluding carboxylic acids is 2. The van der Waals surface area contributed by atoms with Crippen molar-refractivity contribution in [3.63, 3.8) is 0 Å². The third-order valence-electron chi connectivity index (χ3n) is 2.15. The fourth-order valence-corrected chi connectivity index (χ4v) is 1.30. The summed E-state index contributed by atoms with van der Waals surface area (Å²) in [6, 6.07) is -0.991. The van der Waals surface area contributed by atoms with Gasteiger partial charge in [-0.1, -0.05) is 0 Å². The topological polar surface area (TPSA) is 123 Å². The lowest BCUT2D eigenvalue weighted by Crippen LogP contribution is -2.48. The first kappa shape index (κ1) is 19.0. The lowest BCUT2D eigenvalue weighted by Gasteiger charge is -2.19. The minimum Gasteiger partial charge on any atom is -0.389 e. The molecular formula is C10H20Cl2N4O4. The molecule has 0 heterocycles. The average molecular weight is 331 g/mol. The normalized spacial score (nSPS) is 13.2. The van der Waals surface area contributed by atoms with E-state index in [2.05, 4.69) is 21.3 Å². The fraction of sp³-hybridized carbons (Fsp3) is 0.800. The molecule has 6 N–H and O–H groups in total. The highest BCUT2D eigenvalue weighted by atomic mass is 35.5. The molecule has 0 saturated heterocycles. The summed E-state index contributed by atoms with van der Waals surface area (Å²) in [5.41, 5.74) is 0. The van der Waals surface area contributed by atoms with Crippen LogP contribution in [-0.2, 0) is 0 Å². The van der Waals surface area contributed by atoms with Crippen molar-refractivity contribution in [3.05, 3.63) is 0 Å². The number of hydrogen-bond donors (Lipinski definition) is 6. The van der Waals surface area contributed by atoms with Crippen LogP contribution in [0.2, 0.25) is 0 Å². The number of aliphatic hydroxyl groups excluding tert-OH is 2. The van der Waals surface area contributed by atoms with Gasteiger partial charge in [0.2, 0.25) is 0 Å². The van der Waals surface area contributed by atoms with E-state index in [9.17, 15) is 19.8 Å². The average Bonchev–Trinajstić information content (AvgIpc) is 2.45. The highest BCUT2D eigenvalue weighted by Crippen LogP contribution is 1.91. The number of carbonyl (C=O) groups is 2. The van der Waals surface area contributed by atoms with Crippen molar-refractivity contribution >= 4 is 35.3 Å². The molecule has 10 heteroatoms. The number of nitrogens with one attached hydrogen (secondary N) is 4. The second kappa shape index (κ2) is 11.8. The summed E-state index contributed by atoms with van der Waals surface area (Å²) in [6.07, 6.45) is -2.41. The van der Waals surface area contributed by atoms with Gasteiger partial charge in [-0.3, -0.25) is 0 Å². The van der Waals surface area contributed by atoms with E-state index in [-0.39, 0.29) is 24.8 Å². The van der Waals surface area contributed by atoms with Crippen molar-refractivity contribution in [2.45, 2.75) is 12.2 Å². The van der Waals surface area contributed by atoms with Crippen LogP contribution in [0.1, 0.15) is 0 Å². The maximum atomic E-state index is 11.1. The standard InChI is InChI=1S/C10H20Cl2N4O4/c11-1-3-13-9(19)15-5-7(17)8(18)6-16-10(20)14-4-2-12/h7-8,17-18H,1-6H2,(H2,13,15,19)(H2,14,16,20). The second-order valence-corrected chi connectivity index (χ2v) is 4.54. The summed E-state index contributed by atoms with van der Waals surface area (Å²) in [7, 11) is 0. The Morgan fingerprint density at radius 3 is 1.45 bits per heavy atom. The predicted molar refractivity (Wildman–Crippen MR) is 76.3 cm³/mol. The van der Waals surface area contributed by atoms with E-state index in [1.54, 1.807) is 0 Å². The van der Waals surface area contributed by atoms with Gasteiger partial charge in [-0.15, -0.1) is 23.2 Å². The molecule has 4 amide bonds. The minimum atomic E-state index is -1.20. The molecule has 0 radical (unpaired) electrons. The van der Waals surface area contributed by atoms with Gasteiger partial charge in [-0.05, 0) is 0 Å². The van der Waals surface area contributed by atoms with Gasteiger partial charge >= 0.3 is 12.1 Å². The minimum absolute atomic E-state index is 0.153. The monoisotopic (exact) mass is 330 g/mol. The molecule has 0 aromatic rings. The molecule has 0 spiro atoms. The largest absolute Gasteiger partial charge is 0.389 e. The van der Waals surface area contributed by atoms with Crippen LogP contribution in [-0.4, -0.2) is 72.4 Å². The zero-order valence-electron chi connectivity index (χ0n) is 10.9. The molecule has 2 unspecified atom stereocenters. The van der Waals surface area contributed by atoms with Crippen molar-refractivity contribution in [1.29, 1.82) is 0 Å². The molecule has 0 aromatic carbocycles.